The van der Waals surface area contributed by atoms with Crippen LogP contribution in [0.3, 0.4) is 0 Å². The third-order valence-electron chi connectivity index (χ3n) is 3.95. The predicted octanol–water partition coefficient (Wildman–Crippen LogP) is 2.01. The lowest BCUT2D eigenvalue weighted by Crippen LogP contribution is -2.48. The monoisotopic (exact) mass is 248 g/mol. The van der Waals surface area contributed by atoms with Crippen LogP contribution in [0.2, 0.25) is 0 Å². The van der Waals surface area contributed by atoms with E-state index in [4.69, 9.17) is 0 Å². The number of nitrogens with one attached hydrogen (secondary N) is 1. The van der Waals surface area contributed by atoms with Gasteiger partial charge in [-0.1, -0.05) is 12.1 Å². The summed E-state index contributed by atoms with van der Waals surface area (Å²) in [5.41, 5.74) is 1.30. The molecule has 0 amide bonds. The Kier molecular flexibility index (Phi) is 4.61. The molecule has 1 aliphatic rings. The first kappa shape index (κ1) is 13.4. The Morgan fingerprint density at radius 2 is 2.11 bits per heavy atom. The standard InChI is InChI=1S/C15H24N2O/c1-12(10-13-5-7-15(18)8-6-13)17-9-3-4-14(11-17)16-2/h5-8,12,14,16,18H,3-4,9-11H2,1-2H3. The van der Waals surface area contributed by atoms with Crippen molar-refractivity contribution in [2.24, 2.45) is 0 Å². The molecule has 2 unspecified atom stereocenters. The summed E-state index contributed by atoms with van der Waals surface area (Å²) in [5, 5.41) is 12.7. The molecule has 1 aliphatic heterocycles. The zero-order valence-electron chi connectivity index (χ0n) is 11.4. The fourth-order valence-electron chi connectivity index (χ4n) is 2.74. The average molecular weight is 248 g/mol. The first-order valence-electron chi connectivity index (χ1n) is 6.88. The lowest BCUT2D eigenvalue weighted by Gasteiger charge is -2.36. The van der Waals surface area contributed by atoms with Gasteiger partial charge >= 0.3 is 0 Å². The summed E-state index contributed by atoms with van der Waals surface area (Å²) >= 11 is 0. The molecule has 0 bridgehead atoms. The van der Waals surface area contributed by atoms with Crippen LogP contribution in [0.1, 0.15) is 25.3 Å². The first-order valence-corrected chi connectivity index (χ1v) is 6.88. The number of phenolic OH excluding ortho intramolecular Hbond substituents is 1. The summed E-state index contributed by atoms with van der Waals surface area (Å²) < 4.78 is 0. The molecule has 1 saturated heterocycles. The number of hydrogen-bond donors (Lipinski definition) is 2. The number of benzene rings is 1. The van der Waals surface area contributed by atoms with Crippen molar-refractivity contribution in [3.05, 3.63) is 29.8 Å². The van der Waals surface area contributed by atoms with Crippen LogP contribution in [0.25, 0.3) is 0 Å². The quantitative estimate of drug-likeness (QED) is 0.855. The number of likely N-dealkylation sites (tertiary alicyclic amines) is 1. The molecule has 2 rings (SSSR count). The Hall–Kier alpha value is -1.06. The molecule has 1 fully saturated rings. The molecule has 2 N–H and O–H groups in total. The smallest absolute Gasteiger partial charge is 0.115 e. The van der Waals surface area contributed by atoms with Gasteiger partial charge in [0.1, 0.15) is 5.75 Å². The molecule has 2 atom stereocenters. The number of piperidine rings is 1. The minimum Gasteiger partial charge on any atom is -0.508 e. The average Bonchev–Trinajstić information content (AvgIpc) is 2.41. The Morgan fingerprint density at radius 3 is 2.78 bits per heavy atom. The molecule has 3 nitrogen and oxygen atoms in total. The van der Waals surface area contributed by atoms with Gasteiger partial charge in [0.25, 0.3) is 0 Å². The Labute approximate surface area is 110 Å². The molecular formula is C15H24N2O. The summed E-state index contributed by atoms with van der Waals surface area (Å²) in [5.74, 6) is 0.347. The molecule has 0 radical (unpaired) electrons. The molecule has 0 aliphatic carbocycles. The normalized spacial score (nSPS) is 22.9. The second kappa shape index (κ2) is 6.21. The van der Waals surface area contributed by atoms with Crippen LogP contribution in [0, 0.1) is 0 Å². The highest BCUT2D eigenvalue weighted by molar-refractivity contribution is 5.26. The largest absolute Gasteiger partial charge is 0.508 e. The second-order valence-electron chi connectivity index (χ2n) is 5.34. The molecule has 3 heteroatoms. The van der Waals surface area contributed by atoms with Crippen molar-refractivity contribution >= 4 is 0 Å². The van der Waals surface area contributed by atoms with Crippen LogP contribution in [-0.2, 0) is 6.42 Å². The van der Waals surface area contributed by atoms with Crippen LogP contribution in [0.4, 0.5) is 0 Å². The predicted molar refractivity (Wildman–Crippen MR) is 74.9 cm³/mol. The van der Waals surface area contributed by atoms with Crippen LogP contribution in [0.15, 0.2) is 24.3 Å². The van der Waals surface area contributed by atoms with E-state index in [1.807, 2.05) is 12.1 Å². The summed E-state index contributed by atoms with van der Waals surface area (Å²) in [7, 11) is 2.05. The van der Waals surface area contributed by atoms with Crippen molar-refractivity contribution in [2.75, 3.05) is 20.1 Å². The van der Waals surface area contributed by atoms with Crippen LogP contribution < -0.4 is 5.32 Å². The molecule has 0 aromatic heterocycles. The molecule has 0 spiro atoms. The van der Waals surface area contributed by atoms with E-state index in [2.05, 4.69) is 24.2 Å². The number of hydrogen-bond acceptors (Lipinski definition) is 3. The Balaban J connectivity index is 1.90. The van der Waals surface area contributed by atoms with E-state index in [0.717, 1.165) is 13.0 Å². The Morgan fingerprint density at radius 1 is 1.39 bits per heavy atom. The number of likely N-dealkylation sites (N-methyl/N-ethyl adjacent to an activating group) is 1. The summed E-state index contributed by atoms with van der Waals surface area (Å²) in [6.45, 7) is 4.65. The fourth-order valence-corrected chi connectivity index (χ4v) is 2.74. The number of rotatable bonds is 4. The van der Waals surface area contributed by atoms with Crippen LogP contribution >= 0.6 is 0 Å². The lowest BCUT2D eigenvalue weighted by molar-refractivity contribution is 0.148. The minimum absolute atomic E-state index is 0.347. The Bertz CT molecular complexity index is 363. The van der Waals surface area contributed by atoms with E-state index in [9.17, 15) is 5.11 Å². The van der Waals surface area contributed by atoms with Gasteiger partial charge < -0.3 is 10.4 Å². The van der Waals surface area contributed by atoms with E-state index in [1.165, 1.54) is 24.9 Å². The van der Waals surface area contributed by atoms with E-state index in [0.29, 0.717) is 17.8 Å². The molecule has 1 aromatic carbocycles. The maximum Gasteiger partial charge on any atom is 0.115 e. The number of aromatic hydroxyl groups is 1. The van der Waals surface area contributed by atoms with Gasteiger partial charge in [-0.15, -0.1) is 0 Å². The highest BCUT2D eigenvalue weighted by atomic mass is 16.3. The molecular weight excluding hydrogens is 224 g/mol. The van der Waals surface area contributed by atoms with Gasteiger partial charge in [-0.2, -0.15) is 0 Å². The van der Waals surface area contributed by atoms with Crippen LogP contribution in [-0.4, -0.2) is 42.2 Å². The zero-order chi connectivity index (χ0) is 13.0. The third-order valence-corrected chi connectivity index (χ3v) is 3.95. The van der Waals surface area contributed by atoms with Crippen molar-refractivity contribution in [1.82, 2.24) is 10.2 Å². The van der Waals surface area contributed by atoms with Crippen molar-refractivity contribution in [2.45, 2.75) is 38.3 Å². The highest BCUT2D eigenvalue weighted by Crippen LogP contribution is 2.17. The lowest BCUT2D eigenvalue weighted by atomic mass is 10.0. The van der Waals surface area contributed by atoms with Gasteiger partial charge in [-0.3, -0.25) is 4.90 Å². The summed E-state index contributed by atoms with van der Waals surface area (Å²) in [4.78, 5) is 2.57. The topological polar surface area (TPSA) is 35.5 Å². The van der Waals surface area contributed by atoms with E-state index in [-0.39, 0.29) is 0 Å². The molecule has 1 heterocycles. The van der Waals surface area contributed by atoms with Crippen LogP contribution in [0.5, 0.6) is 5.75 Å². The third kappa shape index (κ3) is 3.47. The SMILES string of the molecule is CNC1CCCN(C(C)Cc2ccc(O)cc2)C1. The summed E-state index contributed by atoms with van der Waals surface area (Å²) in [6.07, 6.45) is 3.63. The van der Waals surface area contributed by atoms with Crippen molar-refractivity contribution in [1.29, 1.82) is 0 Å². The molecule has 100 valence electrons. The van der Waals surface area contributed by atoms with Crippen molar-refractivity contribution in [3.63, 3.8) is 0 Å². The van der Waals surface area contributed by atoms with Gasteiger partial charge in [0.15, 0.2) is 0 Å². The maximum absolute atomic E-state index is 9.29. The van der Waals surface area contributed by atoms with Crippen molar-refractivity contribution in [3.8, 4) is 5.75 Å². The van der Waals surface area contributed by atoms with Gasteiger partial charge in [0.05, 0.1) is 0 Å². The van der Waals surface area contributed by atoms with E-state index in [1.54, 1.807) is 12.1 Å². The first-order chi connectivity index (χ1) is 8.69. The van der Waals surface area contributed by atoms with Crippen molar-refractivity contribution < 1.29 is 5.11 Å². The fraction of sp³-hybridized carbons (Fsp3) is 0.600. The number of nitrogens with zero attached hydrogens (tertiary/aromatic N) is 1. The van der Waals surface area contributed by atoms with Gasteiger partial charge in [0, 0.05) is 18.6 Å². The second-order valence-corrected chi connectivity index (χ2v) is 5.34. The number of phenols is 1. The van der Waals surface area contributed by atoms with Gasteiger partial charge in [-0.05, 0) is 57.5 Å². The minimum atomic E-state index is 0.347. The highest BCUT2D eigenvalue weighted by Gasteiger charge is 2.22. The molecule has 18 heavy (non-hydrogen) atoms. The van der Waals surface area contributed by atoms with E-state index < -0.39 is 0 Å². The molecule has 1 aromatic rings. The van der Waals surface area contributed by atoms with E-state index >= 15 is 0 Å². The maximum atomic E-state index is 9.29. The zero-order valence-corrected chi connectivity index (χ0v) is 11.4. The summed E-state index contributed by atoms with van der Waals surface area (Å²) in [6, 6.07) is 8.78. The van der Waals surface area contributed by atoms with Gasteiger partial charge in [-0.25, -0.2) is 0 Å². The molecule has 0 saturated carbocycles. The van der Waals surface area contributed by atoms with Gasteiger partial charge in [0.2, 0.25) is 0 Å².